The van der Waals surface area contributed by atoms with Crippen molar-refractivity contribution in [3.8, 4) is 0 Å². The summed E-state index contributed by atoms with van der Waals surface area (Å²) in [5, 5.41) is -0.0984. The highest BCUT2D eigenvalue weighted by Gasteiger charge is 2.18. The Morgan fingerprint density at radius 1 is 1.40 bits per heavy atom. The lowest BCUT2D eigenvalue weighted by Crippen LogP contribution is -2.22. The first-order chi connectivity index (χ1) is 7.15. The van der Waals surface area contributed by atoms with E-state index in [1.807, 2.05) is 37.3 Å². The van der Waals surface area contributed by atoms with E-state index in [0.29, 0.717) is 0 Å². The largest absolute Gasteiger partial charge is 0.369 e. The van der Waals surface area contributed by atoms with Crippen LogP contribution in [0.2, 0.25) is 0 Å². The second kappa shape index (κ2) is 5.66. The van der Waals surface area contributed by atoms with Crippen LogP contribution in [0.15, 0.2) is 30.3 Å². The Labute approximate surface area is 92.1 Å². The molecule has 1 aromatic rings. The van der Waals surface area contributed by atoms with E-state index in [0.717, 1.165) is 12.0 Å². The second-order valence-electron chi connectivity index (χ2n) is 3.30. The lowest BCUT2D eigenvalue weighted by Gasteiger charge is -2.13. The van der Waals surface area contributed by atoms with Gasteiger partial charge in [-0.3, -0.25) is 9.00 Å². The maximum atomic E-state index is 11.8. The third-order valence-electron chi connectivity index (χ3n) is 2.14. The van der Waals surface area contributed by atoms with E-state index < -0.39 is 16.7 Å². The molecule has 4 heteroatoms. The highest BCUT2D eigenvalue weighted by atomic mass is 32.2. The molecule has 0 aromatic heterocycles. The van der Waals surface area contributed by atoms with Crippen molar-refractivity contribution in [3.05, 3.63) is 35.9 Å². The van der Waals surface area contributed by atoms with Crippen LogP contribution in [0.3, 0.4) is 0 Å². The zero-order chi connectivity index (χ0) is 11.3. The number of amides is 1. The molecule has 0 heterocycles. The molecular weight excluding hydrogens is 210 g/mol. The monoisotopic (exact) mass is 225 g/mol. The Hall–Kier alpha value is -1.16. The summed E-state index contributed by atoms with van der Waals surface area (Å²) in [6.07, 6.45) is 0.740. The zero-order valence-electron chi connectivity index (χ0n) is 8.68. The summed E-state index contributed by atoms with van der Waals surface area (Å²) in [5.74, 6) is -0.573. The van der Waals surface area contributed by atoms with Crippen LogP contribution in [-0.4, -0.2) is 15.9 Å². The average Bonchev–Trinajstić information content (AvgIpc) is 2.19. The molecule has 0 aliphatic carbocycles. The molecular formula is C11H15NO2S. The fourth-order valence-electron chi connectivity index (χ4n) is 1.48. The van der Waals surface area contributed by atoms with Gasteiger partial charge >= 0.3 is 0 Å². The number of rotatable bonds is 5. The van der Waals surface area contributed by atoms with Crippen LogP contribution in [0.1, 0.15) is 24.2 Å². The van der Waals surface area contributed by atoms with Crippen molar-refractivity contribution in [2.75, 3.05) is 5.75 Å². The van der Waals surface area contributed by atoms with E-state index in [1.54, 1.807) is 0 Å². The molecule has 3 nitrogen and oxygen atoms in total. The van der Waals surface area contributed by atoms with Crippen LogP contribution >= 0.6 is 0 Å². The molecule has 0 radical (unpaired) electrons. The third-order valence-corrected chi connectivity index (χ3v) is 3.95. The SMILES string of the molecule is CC[C@@H](c1ccccc1)[S@](=O)CC(N)=O. The smallest absolute Gasteiger partial charge is 0.230 e. The predicted octanol–water partition coefficient (Wildman–Crippen LogP) is 1.37. The van der Waals surface area contributed by atoms with Crippen molar-refractivity contribution in [1.29, 1.82) is 0 Å². The molecule has 82 valence electrons. The molecule has 1 rings (SSSR count). The molecule has 2 atom stereocenters. The molecule has 1 aromatic carbocycles. The Balaban J connectivity index is 2.80. The summed E-state index contributed by atoms with van der Waals surface area (Å²) in [7, 11) is -1.21. The third kappa shape index (κ3) is 3.47. The standard InChI is InChI=1S/C11H15NO2S/c1-2-10(15(14)8-11(12)13)9-6-4-3-5-7-9/h3-7,10H,2,8H2,1H3,(H2,12,13)/t10-,15+/m0/s1. The molecule has 15 heavy (non-hydrogen) atoms. The van der Waals surface area contributed by atoms with Gasteiger partial charge in [-0.25, -0.2) is 0 Å². The van der Waals surface area contributed by atoms with E-state index in [2.05, 4.69) is 0 Å². The van der Waals surface area contributed by atoms with Crippen molar-refractivity contribution < 1.29 is 9.00 Å². The van der Waals surface area contributed by atoms with Crippen molar-refractivity contribution in [1.82, 2.24) is 0 Å². The molecule has 0 saturated carbocycles. The molecule has 0 spiro atoms. The minimum absolute atomic E-state index is 0.0621. The lowest BCUT2D eigenvalue weighted by molar-refractivity contribution is -0.115. The van der Waals surface area contributed by atoms with E-state index in [-0.39, 0.29) is 11.0 Å². The van der Waals surface area contributed by atoms with Crippen LogP contribution in [0.5, 0.6) is 0 Å². The number of nitrogens with two attached hydrogens (primary N) is 1. The number of carbonyl (C=O) groups excluding carboxylic acids is 1. The fourth-order valence-corrected chi connectivity index (χ4v) is 2.80. The van der Waals surface area contributed by atoms with Crippen LogP contribution in [0.4, 0.5) is 0 Å². The van der Waals surface area contributed by atoms with Crippen LogP contribution < -0.4 is 5.73 Å². The summed E-state index contributed by atoms with van der Waals surface area (Å²) in [5.41, 5.74) is 6.03. The van der Waals surface area contributed by atoms with Crippen molar-refractivity contribution in [2.24, 2.45) is 5.73 Å². The van der Waals surface area contributed by atoms with Gasteiger partial charge in [0.15, 0.2) is 0 Å². The van der Waals surface area contributed by atoms with Gasteiger partial charge < -0.3 is 5.73 Å². The first kappa shape index (κ1) is 11.9. The Kier molecular flexibility index (Phi) is 4.49. The van der Waals surface area contributed by atoms with E-state index in [1.165, 1.54) is 0 Å². The van der Waals surface area contributed by atoms with Crippen molar-refractivity contribution in [2.45, 2.75) is 18.6 Å². The minimum atomic E-state index is -1.21. The molecule has 2 N–H and O–H groups in total. The number of hydrogen-bond acceptors (Lipinski definition) is 2. The van der Waals surface area contributed by atoms with Gasteiger partial charge in [-0.1, -0.05) is 37.3 Å². The number of carbonyl (C=O) groups is 1. The summed E-state index contributed by atoms with van der Waals surface area (Å²) in [4.78, 5) is 10.7. The highest BCUT2D eigenvalue weighted by Crippen LogP contribution is 2.22. The van der Waals surface area contributed by atoms with Crippen LogP contribution in [0.25, 0.3) is 0 Å². The Morgan fingerprint density at radius 3 is 2.47 bits per heavy atom. The maximum Gasteiger partial charge on any atom is 0.230 e. The normalized spacial score (nSPS) is 14.5. The van der Waals surface area contributed by atoms with Crippen molar-refractivity contribution in [3.63, 3.8) is 0 Å². The molecule has 0 bridgehead atoms. The van der Waals surface area contributed by atoms with Gasteiger partial charge in [0.05, 0.1) is 5.25 Å². The summed E-state index contributed by atoms with van der Waals surface area (Å²) in [6, 6.07) is 9.56. The van der Waals surface area contributed by atoms with Crippen LogP contribution in [-0.2, 0) is 15.6 Å². The molecule has 0 aliphatic rings. The average molecular weight is 225 g/mol. The van der Waals surface area contributed by atoms with E-state index >= 15 is 0 Å². The highest BCUT2D eigenvalue weighted by molar-refractivity contribution is 7.86. The minimum Gasteiger partial charge on any atom is -0.369 e. The first-order valence-corrected chi connectivity index (χ1v) is 6.23. The Morgan fingerprint density at radius 2 is 2.00 bits per heavy atom. The number of primary amides is 1. The molecule has 0 aliphatic heterocycles. The molecule has 0 unspecified atom stereocenters. The topological polar surface area (TPSA) is 60.2 Å². The van der Waals surface area contributed by atoms with Gasteiger partial charge in [0.2, 0.25) is 5.91 Å². The van der Waals surface area contributed by atoms with Gasteiger partial charge in [0.1, 0.15) is 5.75 Å². The van der Waals surface area contributed by atoms with Crippen molar-refractivity contribution >= 4 is 16.7 Å². The van der Waals surface area contributed by atoms with Gasteiger partial charge in [0, 0.05) is 10.8 Å². The summed E-state index contributed by atoms with van der Waals surface area (Å²) in [6.45, 7) is 1.95. The number of benzene rings is 1. The lowest BCUT2D eigenvalue weighted by atomic mass is 10.1. The van der Waals surface area contributed by atoms with Gasteiger partial charge in [0.25, 0.3) is 0 Å². The van der Waals surface area contributed by atoms with Crippen LogP contribution in [0, 0.1) is 0 Å². The maximum absolute atomic E-state index is 11.8. The summed E-state index contributed by atoms with van der Waals surface area (Å²) < 4.78 is 11.8. The quantitative estimate of drug-likeness (QED) is 0.822. The molecule has 1 amide bonds. The fraction of sp³-hybridized carbons (Fsp3) is 0.364. The molecule has 0 saturated heterocycles. The first-order valence-electron chi connectivity index (χ1n) is 4.85. The van der Waals surface area contributed by atoms with Gasteiger partial charge in [-0.15, -0.1) is 0 Å². The van der Waals surface area contributed by atoms with E-state index in [9.17, 15) is 9.00 Å². The molecule has 0 fully saturated rings. The van der Waals surface area contributed by atoms with Gasteiger partial charge in [-0.05, 0) is 12.0 Å². The Bertz CT molecular complexity index is 351. The second-order valence-corrected chi connectivity index (χ2v) is 4.92. The predicted molar refractivity (Wildman–Crippen MR) is 61.7 cm³/mol. The number of hydrogen-bond donors (Lipinski definition) is 1. The zero-order valence-corrected chi connectivity index (χ0v) is 9.50. The summed E-state index contributed by atoms with van der Waals surface area (Å²) >= 11 is 0. The van der Waals surface area contributed by atoms with Gasteiger partial charge in [-0.2, -0.15) is 0 Å². The van der Waals surface area contributed by atoms with E-state index in [4.69, 9.17) is 5.73 Å².